The van der Waals surface area contributed by atoms with Crippen LogP contribution in [0.15, 0.2) is 0 Å². The number of unbranched alkanes of at least 4 members (excludes halogenated alkanes) is 5. The molecular weight excluding hydrogens is 240 g/mol. The van der Waals surface area contributed by atoms with Gasteiger partial charge in [0, 0.05) is 6.54 Å². The quantitative estimate of drug-likeness (QED) is 0.687. The predicted molar refractivity (Wildman–Crippen MR) is 76.7 cm³/mol. The van der Waals surface area contributed by atoms with E-state index >= 15 is 0 Å². The molecule has 1 fully saturated rings. The minimum atomic E-state index is -0.332. The van der Waals surface area contributed by atoms with E-state index in [9.17, 15) is 9.59 Å². The molecule has 0 aliphatic carbocycles. The highest BCUT2D eigenvalue weighted by Gasteiger charge is 2.33. The maximum absolute atomic E-state index is 12.2. The summed E-state index contributed by atoms with van der Waals surface area (Å²) in [6, 6.07) is -0.332. The molecule has 4 nitrogen and oxygen atoms in total. The summed E-state index contributed by atoms with van der Waals surface area (Å²) in [6.45, 7) is 7.10. The minimum Gasteiger partial charge on any atom is -0.343 e. The van der Waals surface area contributed by atoms with Crippen LogP contribution < -0.4 is 5.32 Å². The van der Waals surface area contributed by atoms with Gasteiger partial charge in [-0.05, 0) is 12.3 Å². The highest BCUT2D eigenvalue weighted by molar-refractivity contribution is 5.94. The normalized spacial score (nSPS) is 20.0. The van der Waals surface area contributed by atoms with E-state index in [1.54, 1.807) is 4.90 Å². The molecule has 1 rings (SSSR count). The number of carbonyl (C=O) groups is 2. The maximum atomic E-state index is 12.2. The molecule has 4 heteroatoms. The fourth-order valence-electron chi connectivity index (χ4n) is 2.45. The summed E-state index contributed by atoms with van der Waals surface area (Å²) in [5.41, 5.74) is 0. The average molecular weight is 268 g/mol. The number of piperazine rings is 1. The van der Waals surface area contributed by atoms with Crippen molar-refractivity contribution in [3.63, 3.8) is 0 Å². The molecule has 0 aromatic carbocycles. The summed E-state index contributed by atoms with van der Waals surface area (Å²) in [6.07, 6.45) is 7.21. The number of nitrogens with zero attached hydrogens (tertiary/aromatic N) is 1. The lowest BCUT2D eigenvalue weighted by molar-refractivity contribution is -0.145. The number of rotatable bonds is 8. The molecule has 1 aliphatic heterocycles. The zero-order valence-electron chi connectivity index (χ0n) is 12.6. The second-order valence-corrected chi connectivity index (χ2v) is 5.82. The summed E-state index contributed by atoms with van der Waals surface area (Å²) in [5.74, 6) is 0.219. The lowest BCUT2D eigenvalue weighted by Gasteiger charge is -2.34. The zero-order valence-corrected chi connectivity index (χ0v) is 12.6. The van der Waals surface area contributed by atoms with Crippen LogP contribution in [0.25, 0.3) is 0 Å². The predicted octanol–water partition coefficient (Wildman–Crippen LogP) is 2.33. The van der Waals surface area contributed by atoms with Crippen LogP contribution in [0.4, 0.5) is 0 Å². The van der Waals surface area contributed by atoms with Gasteiger partial charge in [-0.2, -0.15) is 0 Å². The Hall–Kier alpha value is -1.06. The van der Waals surface area contributed by atoms with Crippen molar-refractivity contribution in [2.24, 2.45) is 5.92 Å². The van der Waals surface area contributed by atoms with Gasteiger partial charge in [0.15, 0.2) is 0 Å². The van der Waals surface area contributed by atoms with Gasteiger partial charge in [-0.25, -0.2) is 0 Å². The van der Waals surface area contributed by atoms with Gasteiger partial charge in [0.1, 0.15) is 6.04 Å². The molecule has 2 amide bonds. The largest absolute Gasteiger partial charge is 0.343 e. The smallest absolute Gasteiger partial charge is 0.245 e. The van der Waals surface area contributed by atoms with E-state index in [-0.39, 0.29) is 30.3 Å². The van der Waals surface area contributed by atoms with E-state index in [2.05, 4.69) is 12.2 Å². The molecule has 110 valence electrons. The van der Waals surface area contributed by atoms with Crippen molar-refractivity contribution in [3.05, 3.63) is 0 Å². The van der Waals surface area contributed by atoms with E-state index in [0.29, 0.717) is 0 Å². The molecule has 0 bridgehead atoms. The summed E-state index contributed by atoms with van der Waals surface area (Å²) in [7, 11) is 0. The van der Waals surface area contributed by atoms with Crippen LogP contribution in [0.2, 0.25) is 0 Å². The first-order chi connectivity index (χ1) is 9.06. The number of hydrogen-bond acceptors (Lipinski definition) is 2. The molecule has 1 unspecified atom stereocenters. The third-order valence-corrected chi connectivity index (χ3v) is 3.68. The number of carbonyl (C=O) groups excluding carboxylic acids is 2. The molecule has 0 radical (unpaired) electrons. The molecule has 1 saturated heterocycles. The van der Waals surface area contributed by atoms with E-state index in [1.807, 2.05) is 13.8 Å². The molecule has 19 heavy (non-hydrogen) atoms. The van der Waals surface area contributed by atoms with Crippen molar-refractivity contribution in [2.45, 2.75) is 65.3 Å². The van der Waals surface area contributed by atoms with Crippen molar-refractivity contribution in [1.82, 2.24) is 10.2 Å². The fraction of sp³-hybridized carbons (Fsp3) is 0.867. The van der Waals surface area contributed by atoms with Crippen molar-refractivity contribution in [3.8, 4) is 0 Å². The van der Waals surface area contributed by atoms with Gasteiger partial charge in [0.25, 0.3) is 0 Å². The van der Waals surface area contributed by atoms with Gasteiger partial charge >= 0.3 is 0 Å². The molecule has 1 aliphatic rings. The molecular formula is C15H28N2O2. The molecule has 1 heterocycles. The van der Waals surface area contributed by atoms with E-state index < -0.39 is 0 Å². The summed E-state index contributed by atoms with van der Waals surface area (Å²) in [4.78, 5) is 25.5. The minimum absolute atomic E-state index is 0.0238. The van der Waals surface area contributed by atoms with Crippen LogP contribution in [0.3, 0.4) is 0 Å². The standard InChI is InChI=1S/C15H28N2O2/c1-4-5-6-7-8-9-10-17-11-13(18)16-14(12(2)3)15(17)19/h12,14H,4-11H2,1-3H3,(H,16,18). The van der Waals surface area contributed by atoms with Crippen LogP contribution in [0, 0.1) is 5.92 Å². The molecule has 0 aromatic rings. The van der Waals surface area contributed by atoms with Gasteiger partial charge in [-0.3, -0.25) is 9.59 Å². The van der Waals surface area contributed by atoms with E-state index in [0.717, 1.165) is 19.4 Å². The van der Waals surface area contributed by atoms with Crippen molar-refractivity contribution in [1.29, 1.82) is 0 Å². The maximum Gasteiger partial charge on any atom is 0.245 e. The van der Waals surface area contributed by atoms with E-state index in [4.69, 9.17) is 0 Å². The topological polar surface area (TPSA) is 49.4 Å². The third-order valence-electron chi connectivity index (χ3n) is 3.68. The highest BCUT2D eigenvalue weighted by Crippen LogP contribution is 2.12. The molecule has 0 aromatic heterocycles. The lowest BCUT2D eigenvalue weighted by atomic mass is 10.0. The Kier molecular flexibility index (Phi) is 6.89. The van der Waals surface area contributed by atoms with Crippen molar-refractivity contribution >= 4 is 11.8 Å². The molecule has 1 atom stereocenters. The Bertz CT molecular complexity index is 303. The lowest BCUT2D eigenvalue weighted by Crippen LogP contribution is -2.59. The van der Waals surface area contributed by atoms with E-state index in [1.165, 1.54) is 25.7 Å². The van der Waals surface area contributed by atoms with Crippen LogP contribution in [-0.4, -0.2) is 35.8 Å². The van der Waals surface area contributed by atoms with Crippen LogP contribution >= 0.6 is 0 Å². The van der Waals surface area contributed by atoms with Crippen LogP contribution in [-0.2, 0) is 9.59 Å². The second-order valence-electron chi connectivity index (χ2n) is 5.82. The monoisotopic (exact) mass is 268 g/mol. The Morgan fingerprint density at radius 3 is 2.42 bits per heavy atom. The number of amides is 2. The second kappa shape index (κ2) is 8.18. The number of nitrogens with one attached hydrogen (secondary N) is 1. The first kappa shape index (κ1) is 16.0. The van der Waals surface area contributed by atoms with Gasteiger partial charge in [-0.1, -0.05) is 52.9 Å². The number of hydrogen-bond donors (Lipinski definition) is 1. The third kappa shape index (κ3) is 5.21. The van der Waals surface area contributed by atoms with Gasteiger partial charge < -0.3 is 10.2 Å². The highest BCUT2D eigenvalue weighted by atomic mass is 16.2. The fourth-order valence-corrected chi connectivity index (χ4v) is 2.45. The van der Waals surface area contributed by atoms with Gasteiger partial charge in [0.2, 0.25) is 11.8 Å². The summed E-state index contributed by atoms with van der Waals surface area (Å²) >= 11 is 0. The van der Waals surface area contributed by atoms with Crippen molar-refractivity contribution in [2.75, 3.05) is 13.1 Å². The van der Waals surface area contributed by atoms with Gasteiger partial charge in [0.05, 0.1) is 6.54 Å². The van der Waals surface area contributed by atoms with Crippen LogP contribution in [0.5, 0.6) is 0 Å². The first-order valence-corrected chi connectivity index (χ1v) is 7.64. The zero-order chi connectivity index (χ0) is 14.3. The Labute approximate surface area is 116 Å². The van der Waals surface area contributed by atoms with Crippen LogP contribution in [0.1, 0.15) is 59.3 Å². The average Bonchev–Trinajstić information content (AvgIpc) is 2.36. The Morgan fingerprint density at radius 2 is 1.79 bits per heavy atom. The first-order valence-electron chi connectivity index (χ1n) is 7.64. The molecule has 1 N–H and O–H groups in total. The Balaban J connectivity index is 2.31. The van der Waals surface area contributed by atoms with Crippen molar-refractivity contribution < 1.29 is 9.59 Å². The molecule has 0 spiro atoms. The SMILES string of the molecule is CCCCCCCCN1CC(=O)NC(C(C)C)C1=O. The molecule has 0 saturated carbocycles. The summed E-state index contributed by atoms with van der Waals surface area (Å²) in [5, 5.41) is 2.78. The van der Waals surface area contributed by atoms with Gasteiger partial charge in [-0.15, -0.1) is 0 Å². The summed E-state index contributed by atoms with van der Waals surface area (Å²) < 4.78 is 0. The Morgan fingerprint density at radius 1 is 1.16 bits per heavy atom.